The number of nitrogens with zero attached hydrogens (tertiary/aromatic N) is 3. The van der Waals surface area contributed by atoms with Crippen molar-refractivity contribution in [2.24, 2.45) is 0 Å². The van der Waals surface area contributed by atoms with E-state index in [2.05, 4.69) is 22.5 Å². The van der Waals surface area contributed by atoms with Gasteiger partial charge in [0.2, 0.25) is 0 Å². The van der Waals surface area contributed by atoms with Crippen molar-refractivity contribution >= 4 is 17.5 Å². The lowest BCUT2D eigenvalue weighted by Gasteiger charge is -2.16. The van der Waals surface area contributed by atoms with E-state index >= 15 is 0 Å². The standard InChI is InChI=1S/C24H22N4O3/c1-27(15-19-14-25-28(17-19)16-18-6-3-2-4-7-18)24(30)20-9-11-21(12-10-20)26-23(29)22-8-5-13-31-22/h2-14,17H,15-16H2,1H3,(H,26,29). The first-order valence-corrected chi connectivity index (χ1v) is 9.84. The summed E-state index contributed by atoms with van der Waals surface area (Å²) < 4.78 is 6.93. The Hall–Kier alpha value is -4.13. The molecule has 0 aliphatic heterocycles. The van der Waals surface area contributed by atoms with Crippen LogP contribution in [0, 0.1) is 0 Å². The van der Waals surface area contributed by atoms with Gasteiger partial charge in [0.25, 0.3) is 11.8 Å². The van der Waals surface area contributed by atoms with Crippen LogP contribution in [0.15, 0.2) is 89.8 Å². The van der Waals surface area contributed by atoms with Crippen molar-refractivity contribution in [1.82, 2.24) is 14.7 Å². The molecule has 7 heteroatoms. The second kappa shape index (κ2) is 9.13. The molecule has 0 aliphatic rings. The molecule has 0 unspecified atom stereocenters. The van der Waals surface area contributed by atoms with Gasteiger partial charge in [0, 0.05) is 36.6 Å². The number of carbonyl (C=O) groups is 2. The highest BCUT2D eigenvalue weighted by molar-refractivity contribution is 6.02. The summed E-state index contributed by atoms with van der Waals surface area (Å²) in [6.07, 6.45) is 5.17. The van der Waals surface area contributed by atoms with E-state index in [1.54, 1.807) is 54.5 Å². The topological polar surface area (TPSA) is 80.4 Å². The van der Waals surface area contributed by atoms with Crippen LogP contribution < -0.4 is 5.32 Å². The highest BCUT2D eigenvalue weighted by Crippen LogP contribution is 2.14. The van der Waals surface area contributed by atoms with Crippen LogP contribution in [0.3, 0.4) is 0 Å². The fourth-order valence-corrected chi connectivity index (χ4v) is 3.21. The van der Waals surface area contributed by atoms with Gasteiger partial charge in [-0.25, -0.2) is 0 Å². The number of hydrogen-bond donors (Lipinski definition) is 1. The molecule has 4 rings (SSSR count). The number of benzene rings is 2. The molecule has 0 bridgehead atoms. The van der Waals surface area contributed by atoms with Crippen molar-refractivity contribution in [3.63, 3.8) is 0 Å². The molecular weight excluding hydrogens is 392 g/mol. The van der Waals surface area contributed by atoms with Crippen LogP contribution in [0.25, 0.3) is 0 Å². The molecule has 156 valence electrons. The molecule has 1 N–H and O–H groups in total. The lowest BCUT2D eigenvalue weighted by molar-refractivity contribution is 0.0785. The molecule has 0 saturated carbocycles. The van der Waals surface area contributed by atoms with Crippen molar-refractivity contribution in [2.75, 3.05) is 12.4 Å². The molecule has 0 atom stereocenters. The summed E-state index contributed by atoms with van der Waals surface area (Å²) in [4.78, 5) is 26.4. The number of rotatable bonds is 7. The Morgan fingerprint density at radius 1 is 1.00 bits per heavy atom. The molecular formula is C24H22N4O3. The lowest BCUT2D eigenvalue weighted by atomic mass is 10.1. The first-order chi connectivity index (χ1) is 15.1. The van der Waals surface area contributed by atoms with Crippen LogP contribution in [-0.2, 0) is 13.1 Å². The zero-order valence-corrected chi connectivity index (χ0v) is 17.1. The van der Waals surface area contributed by atoms with E-state index in [0.717, 1.165) is 5.56 Å². The average Bonchev–Trinajstić information content (AvgIpc) is 3.47. The molecule has 0 fully saturated rings. The van der Waals surface area contributed by atoms with Crippen LogP contribution in [-0.4, -0.2) is 33.5 Å². The van der Waals surface area contributed by atoms with E-state index in [0.29, 0.717) is 24.3 Å². The minimum absolute atomic E-state index is 0.111. The third-order valence-corrected chi connectivity index (χ3v) is 4.78. The minimum Gasteiger partial charge on any atom is -0.459 e. The number of nitrogens with one attached hydrogen (secondary N) is 1. The third-order valence-electron chi connectivity index (χ3n) is 4.78. The van der Waals surface area contributed by atoms with Crippen LogP contribution in [0.2, 0.25) is 0 Å². The van der Waals surface area contributed by atoms with Gasteiger partial charge in [0.1, 0.15) is 0 Å². The van der Waals surface area contributed by atoms with Crippen molar-refractivity contribution in [1.29, 1.82) is 0 Å². The Kier molecular flexibility index (Phi) is 5.93. The fraction of sp³-hybridized carbons (Fsp3) is 0.125. The number of anilines is 1. The van der Waals surface area contributed by atoms with Crippen molar-refractivity contribution in [2.45, 2.75) is 13.1 Å². The second-order valence-electron chi connectivity index (χ2n) is 7.20. The Bertz CT molecular complexity index is 1150. The number of aromatic nitrogens is 2. The molecule has 2 aromatic heterocycles. The molecule has 0 saturated heterocycles. The summed E-state index contributed by atoms with van der Waals surface area (Å²) in [5, 5.41) is 7.12. The number of carbonyl (C=O) groups excluding carboxylic acids is 2. The maximum atomic E-state index is 12.8. The van der Waals surface area contributed by atoms with Gasteiger partial charge in [-0.05, 0) is 42.0 Å². The summed E-state index contributed by atoms with van der Waals surface area (Å²) in [6.45, 7) is 1.13. The van der Waals surface area contributed by atoms with E-state index < -0.39 is 0 Å². The lowest BCUT2D eigenvalue weighted by Crippen LogP contribution is -2.26. The summed E-state index contributed by atoms with van der Waals surface area (Å²) in [5.41, 5.74) is 3.24. The van der Waals surface area contributed by atoms with Gasteiger partial charge in [-0.1, -0.05) is 30.3 Å². The molecule has 0 spiro atoms. The Morgan fingerprint density at radius 3 is 2.48 bits per heavy atom. The molecule has 2 amide bonds. The van der Waals surface area contributed by atoms with E-state index in [-0.39, 0.29) is 17.6 Å². The molecule has 4 aromatic rings. The first-order valence-electron chi connectivity index (χ1n) is 9.84. The number of hydrogen-bond acceptors (Lipinski definition) is 4. The molecule has 31 heavy (non-hydrogen) atoms. The van der Waals surface area contributed by atoms with Gasteiger partial charge in [0.05, 0.1) is 19.0 Å². The predicted octanol–water partition coefficient (Wildman–Crippen LogP) is 4.05. The van der Waals surface area contributed by atoms with Crippen LogP contribution in [0.5, 0.6) is 0 Å². The quantitative estimate of drug-likeness (QED) is 0.495. The van der Waals surface area contributed by atoms with Gasteiger partial charge < -0.3 is 14.6 Å². The third kappa shape index (κ3) is 5.08. The van der Waals surface area contributed by atoms with Gasteiger partial charge in [-0.2, -0.15) is 5.10 Å². The van der Waals surface area contributed by atoms with E-state index in [1.807, 2.05) is 29.1 Å². The van der Waals surface area contributed by atoms with Crippen LogP contribution in [0.1, 0.15) is 32.0 Å². The van der Waals surface area contributed by atoms with E-state index in [4.69, 9.17) is 4.42 Å². The summed E-state index contributed by atoms with van der Waals surface area (Å²) in [6, 6.07) is 20.1. The predicted molar refractivity (Wildman–Crippen MR) is 117 cm³/mol. The largest absolute Gasteiger partial charge is 0.459 e. The summed E-state index contributed by atoms with van der Waals surface area (Å²) in [5.74, 6) is -0.221. The van der Waals surface area contributed by atoms with Gasteiger partial charge in [0.15, 0.2) is 5.76 Å². The van der Waals surface area contributed by atoms with Crippen molar-refractivity contribution in [3.05, 3.63) is 108 Å². The van der Waals surface area contributed by atoms with Gasteiger partial charge in [-0.3, -0.25) is 14.3 Å². The monoisotopic (exact) mass is 414 g/mol. The maximum absolute atomic E-state index is 12.8. The highest BCUT2D eigenvalue weighted by Gasteiger charge is 2.14. The second-order valence-corrected chi connectivity index (χ2v) is 7.20. The fourth-order valence-electron chi connectivity index (χ4n) is 3.21. The summed E-state index contributed by atoms with van der Waals surface area (Å²) in [7, 11) is 1.75. The van der Waals surface area contributed by atoms with E-state index in [1.165, 1.54) is 11.8 Å². The van der Waals surface area contributed by atoms with Crippen molar-refractivity contribution in [3.8, 4) is 0 Å². The Balaban J connectivity index is 1.34. The smallest absolute Gasteiger partial charge is 0.291 e. The Labute approximate surface area is 179 Å². The van der Waals surface area contributed by atoms with Gasteiger partial charge in [-0.15, -0.1) is 0 Å². The number of amides is 2. The molecule has 2 heterocycles. The van der Waals surface area contributed by atoms with E-state index in [9.17, 15) is 9.59 Å². The van der Waals surface area contributed by atoms with Crippen LogP contribution >= 0.6 is 0 Å². The zero-order chi connectivity index (χ0) is 21.6. The molecule has 7 nitrogen and oxygen atoms in total. The Morgan fingerprint density at radius 2 is 1.77 bits per heavy atom. The first kappa shape index (κ1) is 20.2. The SMILES string of the molecule is CN(Cc1cnn(Cc2ccccc2)c1)C(=O)c1ccc(NC(=O)c2ccco2)cc1. The maximum Gasteiger partial charge on any atom is 0.291 e. The molecule has 2 aromatic carbocycles. The summed E-state index contributed by atoms with van der Waals surface area (Å²) >= 11 is 0. The molecule has 0 radical (unpaired) electrons. The minimum atomic E-state index is -0.339. The average molecular weight is 414 g/mol. The van der Waals surface area contributed by atoms with Crippen molar-refractivity contribution < 1.29 is 14.0 Å². The number of furan rings is 1. The van der Waals surface area contributed by atoms with Crippen LogP contribution in [0.4, 0.5) is 5.69 Å². The van der Waals surface area contributed by atoms with Gasteiger partial charge >= 0.3 is 0 Å². The highest BCUT2D eigenvalue weighted by atomic mass is 16.3. The normalized spacial score (nSPS) is 10.6. The molecule has 0 aliphatic carbocycles. The zero-order valence-electron chi connectivity index (χ0n) is 17.1.